The highest BCUT2D eigenvalue weighted by Gasteiger charge is 2.27. The molecule has 1 heterocycles. The highest BCUT2D eigenvalue weighted by molar-refractivity contribution is 5.74. The number of nitrogens with one attached hydrogen (secondary N) is 1. The summed E-state index contributed by atoms with van der Waals surface area (Å²) < 4.78 is 5.36. The van der Waals surface area contributed by atoms with Crippen LogP contribution in [0.1, 0.15) is 13.8 Å². The largest absolute Gasteiger partial charge is 0.479 e. The molecule has 0 spiro atoms. The Morgan fingerprint density at radius 2 is 2.25 bits per heavy atom. The van der Waals surface area contributed by atoms with Crippen molar-refractivity contribution in [3.05, 3.63) is 0 Å². The number of amides is 2. The zero-order valence-electron chi connectivity index (χ0n) is 9.30. The van der Waals surface area contributed by atoms with Crippen LogP contribution in [0.5, 0.6) is 0 Å². The number of carboxylic acid groups (broad SMARTS) is 1. The van der Waals surface area contributed by atoms with Gasteiger partial charge in [-0.15, -0.1) is 0 Å². The number of morpholine rings is 1. The van der Waals surface area contributed by atoms with Gasteiger partial charge in [0, 0.05) is 6.54 Å². The molecule has 0 aromatic heterocycles. The Bertz CT molecular complexity index is 271. The predicted octanol–water partition coefficient (Wildman–Crippen LogP) is -0.179. The van der Waals surface area contributed by atoms with Crippen molar-refractivity contribution in [1.82, 2.24) is 10.4 Å². The Hall–Kier alpha value is -1.34. The van der Waals surface area contributed by atoms with Gasteiger partial charge in [-0.05, 0) is 13.8 Å². The van der Waals surface area contributed by atoms with E-state index in [-0.39, 0.29) is 12.1 Å². The van der Waals surface area contributed by atoms with E-state index in [4.69, 9.17) is 9.84 Å². The zero-order chi connectivity index (χ0) is 12.1. The summed E-state index contributed by atoms with van der Waals surface area (Å²) in [5.41, 5.74) is 2.09. The molecule has 7 nitrogen and oxygen atoms in total. The van der Waals surface area contributed by atoms with Gasteiger partial charge in [-0.1, -0.05) is 0 Å². The van der Waals surface area contributed by atoms with Crippen LogP contribution in [0.4, 0.5) is 4.79 Å². The number of carboxylic acids is 1. The smallest absolute Gasteiger partial charge is 0.341 e. The Balaban J connectivity index is 2.36. The molecule has 16 heavy (non-hydrogen) atoms. The number of hydrogen-bond acceptors (Lipinski definition) is 4. The molecule has 7 heteroatoms. The van der Waals surface area contributed by atoms with Crippen LogP contribution in [-0.2, 0) is 14.4 Å². The fourth-order valence-corrected chi connectivity index (χ4v) is 1.40. The number of hydroxylamine groups is 1. The molecule has 0 aliphatic carbocycles. The quantitative estimate of drug-likeness (QED) is 0.659. The van der Waals surface area contributed by atoms with E-state index < -0.39 is 18.6 Å². The van der Waals surface area contributed by atoms with Gasteiger partial charge in [-0.2, -0.15) is 0 Å². The lowest BCUT2D eigenvalue weighted by atomic mass is 10.2. The van der Waals surface area contributed by atoms with Crippen LogP contribution < -0.4 is 5.48 Å². The molecule has 0 saturated carbocycles. The van der Waals surface area contributed by atoms with Gasteiger partial charge in [0.15, 0.2) is 6.61 Å². The Kier molecular flexibility index (Phi) is 4.51. The lowest BCUT2D eigenvalue weighted by Crippen LogP contribution is -2.53. The highest BCUT2D eigenvalue weighted by Crippen LogP contribution is 2.10. The van der Waals surface area contributed by atoms with Gasteiger partial charge in [0.1, 0.15) is 0 Å². The van der Waals surface area contributed by atoms with Gasteiger partial charge < -0.3 is 14.7 Å². The summed E-state index contributed by atoms with van der Waals surface area (Å²) in [5, 5.41) is 8.32. The Labute approximate surface area is 93.3 Å². The first-order valence-corrected chi connectivity index (χ1v) is 5.02. The van der Waals surface area contributed by atoms with Crippen LogP contribution in [0.25, 0.3) is 0 Å². The van der Waals surface area contributed by atoms with Crippen LogP contribution in [0.15, 0.2) is 0 Å². The van der Waals surface area contributed by atoms with E-state index in [0.717, 1.165) is 0 Å². The standard InChI is InChI=1S/C9H16N2O5/c1-6-4-15-7(2)3-11(6)9(14)10-16-5-8(12)13/h6-7H,3-5H2,1-2H3,(H,10,14)(H,12,13). The van der Waals surface area contributed by atoms with Gasteiger partial charge in [-0.25, -0.2) is 15.1 Å². The van der Waals surface area contributed by atoms with Crippen LogP contribution in [0.3, 0.4) is 0 Å². The maximum atomic E-state index is 11.6. The van der Waals surface area contributed by atoms with E-state index in [9.17, 15) is 9.59 Å². The lowest BCUT2D eigenvalue weighted by Gasteiger charge is -2.36. The van der Waals surface area contributed by atoms with E-state index in [0.29, 0.717) is 13.2 Å². The molecule has 1 rings (SSSR count). The first-order valence-electron chi connectivity index (χ1n) is 5.02. The summed E-state index contributed by atoms with van der Waals surface area (Å²) in [4.78, 5) is 27.8. The molecular formula is C9H16N2O5. The van der Waals surface area contributed by atoms with Crippen molar-refractivity contribution in [1.29, 1.82) is 0 Å². The lowest BCUT2D eigenvalue weighted by molar-refractivity contribution is -0.144. The zero-order valence-corrected chi connectivity index (χ0v) is 9.30. The number of carbonyl (C=O) groups is 2. The summed E-state index contributed by atoms with van der Waals surface area (Å²) in [6, 6.07) is -0.492. The number of aliphatic carboxylic acids is 1. The van der Waals surface area contributed by atoms with E-state index in [2.05, 4.69) is 10.3 Å². The van der Waals surface area contributed by atoms with Crippen molar-refractivity contribution >= 4 is 12.0 Å². The number of nitrogens with zero attached hydrogens (tertiary/aromatic N) is 1. The molecule has 0 aromatic carbocycles. The van der Waals surface area contributed by atoms with Crippen molar-refractivity contribution in [2.45, 2.75) is 26.0 Å². The van der Waals surface area contributed by atoms with Crippen molar-refractivity contribution in [2.24, 2.45) is 0 Å². The summed E-state index contributed by atoms with van der Waals surface area (Å²) in [6.07, 6.45) is -0.0265. The maximum absolute atomic E-state index is 11.6. The first kappa shape index (κ1) is 12.7. The molecule has 1 aliphatic heterocycles. The molecule has 2 amide bonds. The predicted molar refractivity (Wildman–Crippen MR) is 53.7 cm³/mol. The molecule has 1 fully saturated rings. The average molecular weight is 232 g/mol. The monoisotopic (exact) mass is 232 g/mol. The summed E-state index contributed by atoms with van der Waals surface area (Å²) in [6.45, 7) is 4.09. The Morgan fingerprint density at radius 1 is 1.56 bits per heavy atom. The average Bonchev–Trinajstić information content (AvgIpc) is 2.21. The SMILES string of the molecule is CC1CN(C(=O)NOCC(=O)O)C(C)CO1. The molecule has 1 aliphatic rings. The van der Waals surface area contributed by atoms with Crippen molar-refractivity contribution < 1.29 is 24.3 Å². The number of rotatable bonds is 3. The van der Waals surface area contributed by atoms with E-state index in [1.165, 1.54) is 0 Å². The topological polar surface area (TPSA) is 88.1 Å². The first-order chi connectivity index (χ1) is 7.50. The molecule has 0 bridgehead atoms. The molecule has 92 valence electrons. The highest BCUT2D eigenvalue weighted by atomic mass is 16.7. The van der Waals surface area contributed by atoms with Crippen molar-refractivity contribution in [3.8, 4) is 0 Å². The molecule has 0 aromatic rings. The minimum atomic E-state index is -1.14. The minimum absolute atomic E-state index is 0.0265. The minimum Gasteiger partial charge on any atom is -0.479 e. The van der Waals surface area contributed by atoms with Crippen molar-refractivity contribution in [3.63, 3.8) is 0 Å². The van der Waals surface area contributed by atoms with Gasteiger partial charge >= 0.3 is 12.0 Å². The van der Waals surface area contributed by atoms with Gasteiger partial charge in [0.05, 0.1) is 18.8 Å². The van der Waals surface area contributed by atoms with Gasteiger partial charge in [0.2, 0.25) is 0 Å². The summed E-state index contributed by atoms with van der Waals surface area (Å²) in [7, 11) is 0. The maximum Gasteiger partial charge on any atom is 0.341 e. The summed E-state index contributed by atoms with van der Waals surface area (Å²) >= 11 is 0. The molecule has 0 radical (unpaired) electrons. The van der Waals surface area contributed by atoms with E-state index in [1.54, 1.807) is 4.90 Å². The number of ether oxygens (including phenoxy) is 1. The normalized spacial score (nSPS) is 25.2. The van der Waals surface area contributed by atoms with Crippen molar-refractivity contribution in [2.75, 3.05) is 19.8 Å². The second-order valence-electron chi connectivity index (χ2n) is 3.73. The van der Waals surface area contributed by atoms with E-state index >= 15 is 0 Å². The fraction of sp³-hybridized carbons (Fsp3) is 0.778. The van der Waals surface area contributed by atoms with Crippen LogP contribution in [0.2, 0.25) is 0 Å². The third-order valence-corrected chi connectivity index (χ3v) is 2.22. The van der Waals surface area contributed by atoms with Gasteiger partial charge in [-0.3, -0.25) is 4.84 Å². The van der Waals surface area contributed by atoms with Crippen LogP contribution in [0, 0.1) is 0 Å². The third kappa shape index (κ3) is 3.67. The second kappa shape index (κ2) is 5.66. The summed E-state index contributed by atoms with van der Waals surface area (Å²) in [5.74, 6) is -1.14. The number of hydrogen-bond donors (Lipinski definition) is 2. The molecule has 2 N–H and O–H groups in total. The molecule has 2 atom stereocenters. The van der Waals surface area contributed by atoms with Crippen LogP contribution >= 0.6 is 0 Å². The number of carbonyl (C=O) groups excluding carboxylic acids is 1. The molecule has 1 saturated heterocycles. The second-order valence-corrected chi connectivity index (χ2v) is 3.73. The number of urea groups is 1. The van der Waals surface area contributed by atoms with Crippen LogP contribution in [-0.4, -0.2) is 53.9 Å². The third-order valence-electron chi connectivity index (χ3n) is 2.22. The molecule has 2 unspecified atom stereocenters. The fourth-order valence-electron chi connectivity index (χ4n) is 1.40. The van der Waals surface area contributed by atoms with Gasteiger partial charge in [0.25, 0.3) is 0 Å². The van der Waals surface area contributed by atoms with E-state index in [1.807, 2.05) is 13.8 Å². The Morgan fingerprint density at radius 3 is 2.88 bits per heavy atom. The molecular weight excluding hydrogens is 216 g/mol.